The molecule has 100 valence electrons. The van der Waals surface area contributed by atoms with Gasteiger partial charge in [0.15, 0.2) is 0 Å². The summed E-state index contributed by atoms with van der Waals surface area (Å²) in [5.74, 6) is 0.0898. The Kier molecular flexibility index (Phi) is 6.15. The van der Waals surface area contributed by atoms with Gasteiger partial charge in [-0.25, -0.2) is 4.39 Å². The fourth-order valence-corrected chi connectivity index (χ4v) is 2.79. The molecule has 5 heteroatoms. The lowest BCUT2D eigenvalue weighted by atomic mass is 10.1. The second-order valence-corrected chi connectivity index (χ2v) is 5.28. The van der Waals surface area contributed by atoms with E-state index < -0.39 is 0 Å². The van der Waals surface area contributed by atoms with E-state index >= 15 is 0 Å². The summed E-state index contributed by atoms with van der Waals surface area (Å²) in [7, 11) is 1.36. The highest BCUT2D eigenvalue weighted by Crippen LogP contribution is 2.32. The number of carbonyl (C=O) groups excluding carboxylic acids is 1. The van der Waals surface area contributed by atoms with Crippen LogP contribution in [0, 0.1) is 5.82 Å². The van der Waals surface area contributed by atoms with E-state index in [-0.39, 0.29) is 23.1 Å². The summed E-state index contributed by atoms with van der Waals surface area (Å²) in [6.07, 6.45) is 0.333. The lowest BCUT2D eigenvalue weighted by molar-refractivity contribution is -0.140. The standard InChI is InChI=1S/C13H18FNO2S/c1-9(15)13(18-7-6-12(16)17-2)10-4-3-5-11(14)8-10/h3-5,8-9,13H,6-7,15H2,1-2H3. The smallest absolute Gasteiger partial charge is 0.306 e. The highest BCUT2D eigenvalue weighted by Gasteiger charge is 2.17. The van der Waals surface area contributed by atoms with E-state index in [1.54, 1.807) is 17.8 Å². The van der Waals surface area contributed by atoms with Gasteiger partial charge in [-0.1, -0.05) is 12.1 Å². The van der Waals surface area contributed by atoms with Crippen LogP contribution in [0.5, 0.6) is 0 Å². The Bertz CT molecular complexity index is 398. The minimum atomic E-state index is -0.272. The largest absolute Gasteiger partial charge is 0.469 e. The molecule has 0 spiro atoms. The fraction of sp³-hybridized carbons (Fsp3) is 0.462. The molecule has 0 saturated heterocycles. The van der Waals surface area contributed by atoms with Crippen molar-refractivity contribution in [3.8, 4) is 0 Å². The predicted octanol–water partition coefficient (Wildman–Crippen LogP) is 2.51. The number of nitrogens with two attached hydrogens (primary N) is 1. The molecule has 2 atom stereocenters. The molecule has 0 saturated carbocycles. The second kappa shape index (κ2) is 7.38. The van der Waals surface area contributed by atoms with Crippen molar-refractivity contribution >= 4 is 17.7 Å². The molecular weight excluding hydrogens is 253 g/mol. The molecule has 0 radical (unpaired) electrons. The number of benzene rings is 1. The number of methoxy groups -OCH3 is 1. The first-order valence-electron chi connectivity index (χ1n) is 5.74. The van der Waals surface area contributed by atoms with Crippen molar-refractivity contribution < 1.29 is 13.9 Å². The van der Waals surface area contributed by atoms with Crippen LogP contribution in [0.3, 0.4) is 0 Å². The first kappa shape index (κ1) is 15.0. The van der Waals surface area contributed by atoms with Crippen LogP contribution in [-0.2, 0) is 9.53 Å². The van der Waals surface area contributed by atoms with Gasteiger partial charge in [0.2, 0.25) is 0 Å². The number of esters is 1. The Balaban J connectivity index is 2.63. The Morgan fingerprint density at radius 2 is 2.28 bits per heavy atom. The van der Waals surface area contributed by atoms with Crippen molar-refractivity contribution in [1.82, 2.24) is 0 Å². The zero-order chi connectivity index (χ0) is 13.5. The molecule has 1 aromatic rings. The monoisotopic (exact) mass is 271 g/mol. The third kappa shape index (κ3) is 4.66. The van der Waals surface area contributed by atoms with E-state index in [0.29, 0.717) is 12.2 Å². The molecule has 0 aliphatic rings. The van der Waals surface area contributed by atoms with Gasteiger partial charge in [0.1, 0.15) is 5.82 Å². The summed E-state index contributed by atoms with van der Waals surface area (Å²) < 4.78 is 17.7. The molecule has 0 heterocycles. The fourth-order valence-electron chi connectivity index (χ4n) is 1.61. The summed E-state index contributed by atoms with van der Waals surface area (Å²) in [6.45, 7) is 1.88. The van der Waals surface area contributed by atoms with Crippen LogP contribution in [0.15, 0.2) is 24.3 Å². The topological polar surface area (TPSA) is 52.3 Å². The van der Waals surface area contributed by atoms with Gasteiger partial charge in [0.25, 0.3) is 0 Å². The molecule has 2 N–H and O–H groups in total. The number of rotatable bonds is 6. The van der Waals surface area contributed by atoms with E-state index in [0.717, 1.165) is 5.56 Å². The first-order chi connectivity index (χ1) is 8.54. The average Bonchev–Trinajstić information content (AvgIpc) is 2.33. The zero-order valence-electron chi connectivity index (χ0n) is 10.6. The van der Waals surface area contributed by atoms with E-state index in [1.165, 1.54) is 19.2 Å². The number of hydrogen-bond acceptors (Lipinski definition) is 4. The second-order valence-electron chi connectivity index (χ2n) is 4.03. The molecule has 0 amide bonds. The number of halogens is 1. The molecule has 0 aromatic heterocycles. The van der Waals surface area contributed by atoms with Crippen molar-refractivity contribution in [1.29, 1.82) is 0 Å². The third-order valence-corrected chi connectivity index (χ3v) is 3.99. The summed E-state index contributed by atoms with van der Waals surface area (Å²) in [5.41, 5.74) is 6.76. The van der Waals surface area contributed by atoms with E-state index in [2.05, 4.69) is 4.74 Å². The Labute approximate surface area is 111 Å². The Hall–Kier alpha value is -1.07. The lowest BCUT2D eigenvalue weighted by Gasteiger charge is -2.20. The van der Waals surface area contributed by atoms with Gasteiger partial charge in [0.05, 0.1) is 13.5 Å². The van der Waals surface area contributed by atoms with Crippen LogP contribution in [0.2, 0.25) is 0 Å². The van der Waals surface area contributed by atoms with Gasteiger partial charge < -0.3 is 10.5 Å². The van der Waals surface area contributed by atoms with Crippen molar-refractivity contribution in [3.05, 3.63) is 35.6 Å². The van der Waals surface area contributed by atoms with Crippen molar-refractivity contribution in [2.24, 2.45) is 5.73 Å². The van der Waals surface area contributed by atoms with Gasteiger partial charge in [0, 0.05) is 17.0 Å². The molecule has 0 bridgehead atoms. The normalized spacial score (nSPS) is 14.0. The Morgan fingerprint density at radius 3 is 2.83 bits per heavy atom. The van der Waals surface area contributed by atoms with Crippen LogP contribution in [0.1, 0.15) is 24.2 Å². The minimum absolute atomic E-state index is 0.0228. The quantitative estimate of drug-likeness (QED) is 0.808. The lowest BCUT2D eigenvalue weighted by Crippen LogP contribution is -2.23. The van der Waals surface area contributed by atoms with Gasteiger partial charge in [-0.05, 0) is 24.6 Å². The van der Waals surface area contributed by atoms with Gasteiger partial charge >= 0.3 is 5.97 Å². The summed E-state index contributed by atoms with van der Waals surface area (Å²) in [4.78, 5) is 11.0. The predicted molar refractivity (Wildman–Crippen MR) is 71.9 cm³/mol. The number of hydrogen-bond donors (Lipinski definition) is 1. The number of ether oxygens (including phenoxy) is 1. The van der Waals surface area contributed by atoms with Crippen LogP contribution >= 0.6 is 11.8 Å². The van der Waals surface area contributed by atoms with Gasteiger partial charge in [-0.3, -0.25) is 4.79 Å². The molecule has 0 fully saturated rings. The summed E-state index contributed by atoms with van der Waals surface area (Å²) >= 11 is 1.54. The van der Waals surface area contributed by atoms with E-state index in [1.807, 2.05) is 13.0 Å². The van der Waals surface area contributed by atoms with Crippen molar-refractivity contribution in [3.63, 3.8) is 0 Å². The molecular formula is C13H18FNO2S. The maximum Gasteiger partial charge on any atom is 0.306 e. The van der Waals surface area contributed by atoms with Crippen molar-refractivity contribution in [2.75, 3.05) is 12.9 Å². The number of thioether (sulfide) groups is 1. The van der Waals surface area contributed by atoms with Gasteiger partial charge in [-0.2, -0.15) is 11.8 Å². The maximum absolute atomic E-state index is 13.2. The molecule has 0 aliphatic carbocycles. The molecule has 1 rings (SSSR count). The molecule has 1 aromatic carbocycles. The summed E-state index contributed by atoms with van der Waals surface area (Å²) in [5, 5.41) is -0.0228. The van der Waals surface area contributed by atoms with Crippen molar-refractivity contribution in [2.45, 2.75) is 24.6 Å². The third-order valence-electron chi connectivity index (χ3n) is 2.49. The van der Waals surface area contributed by atoms with E-state index in [9.17, 15) is 9.18 Å². The maximum atomic E-state index is 13.2. The minimum Gasteiger partial charge on any atom is -0.469 e. The molecule has 18 heavy (non-hydrogen) atoms. The highest BCUT2D eigenvalue weighted by molar-refractivity contribution is 7.99. The SMILES string of the molecule is COC(=O)CCSC(c1cccc(F)c1)C(C)N. The number of carbonyl (C=O) groups is 1. The molecule has 3 nitrogen and oxygen atoms in total. The van der Waals surface area contributed by atoms with Crippen LogP contribution < -0.4 is 5.73 Å². The van der Waals surface area contributed by atoms with E-state index in [4.69, 9.17) is 5.73 Å². The highest BCUT2D eigenvalue weighted by atomic mass is 32.2. The zero-order valence-corrected chi connectivity index (χ0v) is 11.4. The Morgan fingerprint density at radius 1 is 1.56 bits per heavy atom. The molecule has 2 unspecified atom stereocenters. The van der Waals surface area contributed by atoms with Crippen LogP contribution in [0.25, 0.3) is 0 Å². The first-order valence-corrected chi connectivity index (χ1v) is 6.79. The van der Waals surface area contributed by atoms with Crippen LogP contribution in [-0.4, -0.2) is 24.9 Å². The molecule has 0 aliphatic heterocycles. The average molecular weight is 271 g/mol. The van der Waals surface area contributed by atoms with Crippen LogP contribution in [0.4, 0.5) is 4.39 Å². The summed E-state index contributed by atoms with van der Waals surface area (Å²) in [6, 6.07) is 6.29. The van der Waals surface area contributed by atoms with Gasteiger partial charge in [-0.15, -0.1) is 0 Å².